The van der Waals surface area contributed by atoms with Gasteiger partial charge in [0.25, 0.3) is 5.91 Å². The molecule has 2 rings (SSSR count). The molecule has 0 unspecified atom stereocenters. The van der Waals surface area contributed by atoms with Crippen LogP contribution in [-0.2, 0) is 9.59 Å². The Hall–Kier alpha value is -1.04. The second kappa shape index (κ2) is 7.02. The molecule has 2 amide bonds. The second-order valence-electron chi connectivity index (χ2n) is 4.96. The monoisotopic (exact) mass is 405 g/mol. The SMILES string of the molecule is CC(C)=C1CC(=O)N(c2cc(OCCBr)c(Cl)cc2Cl)C1=O. The van der Waals surface area contributed by atoms with Gasteiger partial charge in [-0.15, -0.1) is 0 Å². The molecule has 22 heavy (non-hydrogen) atoms. The molecule has 1 fully saturated rings. The van der Waals surface area contributed by atoms with Crippen molar-refractivity contribution in [1.29, 1.82) is 0 Å². The van der Waals surface area contributed by atoms with Crippen LogP contribution in [-0.4, -0.2) is 23.8 Å². The molecule has 1 aliphatic rings. The Bertz CT molecular complexity index is 669. The average Bonchev–Trinajstić information content (AvgIpc) is 2.74. The van der Waals surface area contributed by atoms with E-state index in [4.69, 9.17) is 27.9 Å². The van der Waals surface area contributed by atoms with E-state index in [0.717, 1.165) is 10.5 Å². The number of rotatable bonds is 4. The van der Waals surface area contributed by atoms with Gasteiger partial charge in [-0.25, -0.2) is 4.90 Å². The summed E-state index contributed by atoms with van der Waals surface area (Å²) in [6.07, 6.45) is 0.0811. The molecule has 7 heteroatoms. The highest BCUT2D eigenvalue weighted by molar-refractivity contribution is 9.09. The Morgan fingerprint density at radius 2 is 1.95 bits per heavy atom. The summed E-state index contributed by atoms with van der Waals surface area (Å²) < 4.78 is 5.49. The molecular formula is C15H14BrCl2NO3. The largest absolute Gasteiger partial charge is 0.491 e. The molecule has 0 bridgehead atoms. The number of anilines is 1. The van der Waals surface area contributed by atoms with Gasteiger partial charge in [0.05, 0.1) is 28.8 Å². The van der Waals surface area contributed by atoms with E-state index in [-0.39, 0.29) is 23.3 Å². The molecule has 1 saturated heterocycles. The third kappa shape index (κ3) is 3.31. The maximum atomic E-state index is 12.4. The predicted octanol–water partition coefficient (Wildman–Crippen LogP) is 4.37. The molecule has 0 spiro atoms. The quantitative estimate of drug-likeness (QED) is 0.423. The molecule has 1 aliphatic heterocycles. The smallest absolute Gasteiger partial charge is 0.261 e. The van der Waals surface area contributed by atoms with Crippen LogP contribution in [0.15, 0.2) is 23.3 Å². The second-order valence-corrected chi connectivity index (χ2v) is 6.57. The zero-order chi connectivity index (χ0) is 16.4. The van der Waals surface area contributed by atoms with Gasteiger partial charge in [0, 0.05) is 17.0 Å². The van der Waals surface area contributed by atoms with E-state index in [1.165, 1.54) is 12.1 Å². The third-order valence-corrected chi connectivity index (χ3v) is 4.14. The van der Waals surface area contributed by atoms with Crippen molar-refractivity contribution in [2.75, 3.05) is 16.8 Å². The van der Waals surface area contributed by atoms with E-state index in [2.05, 4.69) is 15.9 Å². The van der Waals surface area contributed by atoms with E-state index >= 15 is 0 Å². The number of nitrogens with zero attached hydrogens (tertiary/aromatic N) is 1. The number of benzene rings is 1. The van der Waals surface area contributed by atoms with E-state index in [1.807, 2.05) is 0 Å². The molecule has 0 atom stereocenters. The van der Waals surface area contributed by atoms with Crippen LogP contribution in [0.3, 0.4) is 0 Å². The lowest BCUT2D eigenvalue weighted by molar-refractivity contribution is -0.120. The van der Waals surface area contributed by atoms with Crippen LogP contribution < -0.4 is 9.64 Å². The summed E-state index contributed by atoms with van der Waals surface area (Å²) in [5.74, 6) is -0.274. The van der Waals surface area contributed by atoms with Crippen molar-refractivity contribution in [1.82, 2.24) is 0 Å². The van der Waals surface area contributed by atoms with Crippen molar-refractivity contribution >= 4 is 56.6 Å². The molecule has 0 radical (unpaired) electrons. The Balaban J connectivity index is 2.46. The van der Waals surface area contributed by atoms with Gasteiger partial charge in [-0.2, -0.15) is 0 Å². The molecule has 0 aliphatic carbocycles. The number of allylic oxidation sites excluding steroid dienone is 1. The normalized spacial score (nSPS) is 14.8. The van der Waals surface area contributed by atoms with Crippen molar-refractivity contribution < 1.29 is 14.3 Å². The van der Waals surface area contributed by atoms with E-state index < -0.39 is 0 Å². The number of alkyl halides is 1. The topological polar surface area (TPSA) is 46.6 Å². The first-order valence-electron chi connectivity index (χ1n) is 6.58. The zero-order valence-electron chi connectivity index (χ0n) is 12.1. The first kappa shape index (κ1) is 17.3. The minimum atomic E-state index is -0.347. The molecule has 1 aromatic rings. The maximum absolute atomic E-state index is 12.4. The lowest BCUT2D eigenvalue weighted by Gasteiger charge is -2.17. The number of carbonyl (C=O) groups excluding carboxylic acids is 2. The first-order valence-corrected chi connectivity index (χ1v) is 8.46. The van der Waals surface area contributed by atoms with Crippen LogP contribution in [0.4, 0.5) is 5.69 Å². The van der Waals surface area contributed by atoms with E-state index in [9.17, 15) is 9.59 Å². The fraction of sp³-hybridized carbons (Fsp3) is 0.333. The molecule has 1 aromatic carbocycles. The Morgan fingerprint density at radius 3 is 2.50 bits per heavy atom. The molecule has 0 N–H and O–H groups in total. The zero-order valence-corrected chi connectivity index (χ0v) is 15.2. The summed E-state index contributed by atoms with van der Waals surface area (Å²) in [6.45, 7) is 4.01. The molecule has 1 heterocycles. The highest BCUT2D eigenvalue weighted by Gasteiger charge is 2.37. The minimum Gasteiger partial charge on any atom is -0.491 e. The summed E-state index contributed by atoms with van der Waals surface area (Å²) in [5.41, 5.74) is 1.61. The van der Waals surface area contributed by atoms with Gasteiger partial charge in [-0.1, -0.05) is 44.7 Å². The number of hydrogen-bond acceptors (Lipinski definition) is 3. The molecule has 0 aromatic heterocycles. The number of imide groups is 1. The predicted molar refractivity (Wildman–Crippen MR) is 91.2 cm³/mol. The summed E-state index contributed by atoms with van der Waals surface area (Å²) >= 11 is 15.5. The Kier molecular flexibility index (Phi) is 5.53. The first-order chi connectivity index (χ1) is 10.4. The van der Waals surface area contributed by atoms with Crippen molar-refractivity contribution in [3.8, 4) is 5.75 Å². The van der Waals surface area contributed by atoms with Gasteiger partial charge in [0.1, 0.15) is 5.75 Å². The van der Waals surface area contributed by atoms with Crippen molar-refractivity contribution in [2.45, 2.75) is 20.3 Å². The lowest BCUT2D eigenvalue weighted by Crippen LogP contribution is -2.29. The fourth-order valence-corrected chi connectivity index (χ4v) is 2.82. The number of carbonyl (C=O) groups is 2. The van der Waals surface area contributed by atoms with E-state index in [1.54, 1.807) is 13.8 Å². The lowest BCUT2D eigenvalue weighted by atomic mass is 10.1. The Labute approximate surface area is 147 Å². The van der Waals surface area contributed by atoms with Gasteiger partial charge in [-0.05, 0) is 19.9 Å². The molecular weight excluding hydrogens is 393 g/mol. The van der Waals surface area contributed by atoms with Crippen molar-refractivity contribution in [3.05, 3.63) is 33.3 Å². The van der Waals surface area contributed by atoms with Gasteiger partial charge in [-0.3, -0.25) is 9.59 Å². The van der Waals surface area contributed by atoms with Crippen LogP contribution in [0.2, 0.25) is 10.0 Å². The summed E-state index contributed by atoms with van der Waals surface area (Å²) in [5, 5.41) is 1.19. The average molecular weight is 407 g/mol. The number of amides is 2. The molecule has 118 valence electrons. The summed E-state index contributed by atoms with van der Waals surface area (Å²) in [7, 11) is 0. The van der Waals surface area contributed by atoms with Crippen LogP contribution in [0, 0.1) is 0 Å². The van der Waals surface area contributed by atoms with Crippen LogP contribution in [0.1, 0.15) is 20.3 Å². The number of hydrogen-bond donors (Lipinski definition) is 0. The molecule has 4 nitrogen and oxygen atoms in total. The third-order valence-electron chi connectivity index (χ3n) is 3.22. The summed E-state index contributed by atoms with van der Waals surface area (Å²) in [6, 6.07) is 3.00. The van der Waals surface area contributed by atoms with Crippen LogP contribution in [0.5, 0.6) is 5.75 Å². The van der Waals surface area contributed by atoms with Crippen LogP contribution >= 0.6 is 39.1 Å². The van der Waals surface area contributed by atoms with Gasteiger partial charge in [0.15, 0.2) is 0 Å². The van der Waals surface area contributed by atoms with Gasteiger partial charge >= 0.3 is 0 Å². The number of ether oxygens (including phenoxy) is 1. The fourth-order valence-electron chi connectivity index (χ4n) is 2.14. The van der Waals surface area contributed by atoms with E-state index in [0.29, 0.717) is 34.0 Å². The number of halogens is 3. The maximum Gasteiger partial charge on any atom is 0.261 e. The highest BCUT2D eigenvalue weighted by atomic mass is 79.9. The van der Waals surface area contributed by atoms with Crippen molar-refractivity contribution in [3.63, 3.8) is 0 Å². The summed E-state index contributed by atoms with van der Waals surface area (Å²) in [4.78, 5) is 25.7. The standard InChI is InChI=1S/C15H14BrCl2NO3/c1-8(2)9-5-14(20)19(15(9)21)12-7-13(22-4-3-16)11(18)6-10(12)17/h6-7H,3-5H2,1-2H3. The van der Waals surface area contributed by atoms with Gasteiger partial charge in [0.2, 0.25) is 5.91 Å². The van der Waals surface area contributed by atoms with Gasteiger partial charge < -0.3 is 4.74 Å². The minimum absolute atomic E-state index is 0.0811. The molecule has 0 saturated carbocycles. The van der Waals surface area contributed by atoms with Crippen molar-refractivity contribution in [2.24, 2.45) is 0 Å². The Morgan fingerprint density at radius 1 is 1.27 bits per heavy atom. The highest BCUT2D eigenvalue weighted by Crippen LogP contribution is 2.39. The van der Waals surface area contributed by atoms with Crippen LogP contribution in [0.25, 0.3) is 0 Å².